The maximum absolute atomic E-state index is 13.1. The van der Waals surface area contributed by atoms with Gasteiger partial charge in [0.2, 0.25) is 17.7 Å². The summed E-state index contributed by atoms with van der Waals surface area (Å²) in [6, 6.07) is -3.23. The molecule has 3 atom stereocenters. The van der Waals surface area contributed by atoms with Crippen molar-refractivity contribution >= 4 is 23.7 Å². The molecule has 0 aromatic carbocycles. The van der Waals surface area contributed by atoms with E-state index in [2.05, 4.69) is 16.0 Å². The normalized spacial score (nSPS) is 16.1. The van der Waals surface area contributed by atoms with Crippen LogP contribution in [-0.2, 0) is 19.2 Å². The van der Waals surface area contributed by atoms with Crippen LogP contribution < -0.4 is 27.4 Å². The summed E-state index contributed by atoms with van der Waals surface area (Å²) in [6.07, 6.45) is 15.5. The molecule has 0 spiro atoms. The highest BCUT2D eigenvalue weighted by Gasteiger charge is 2.30. The molecule has 9 N–H and O–H groups in total. The number of aliphatic hydroxyl groups excluding tert-OH is 1. The molecule has 11 nitrogen and oxygen atoms in total. The summed E-state index contributed by atoms with van der Waals surface area (Å²) in [5.74, 6) is -2.45. The zero-order valence-electron chi connectivity index (χ0n) is 24.3. The Kier molecular flexibility index (Phi) is 20.1. The van der Waals surface area contributed by atoms with Gasteiger partial charge in [-0.15, -0.1) is 0 Å². The minimum absolute atomic E-state index is 0.246. The highest BCUT2D eigenvalue weighted by Crippen LogP contribution is 2.27. The predicted molar refractivity (Wildman–Crippen MR) is 155 cm³/mol. The number of unbranched alkanes of at least 4 members (excludes halogenated alkanes) is 8. The lowest BCUT2D eigenvalue weighted by molar-refractivity contribution is -0.143. The number of carboxylic acids is 1. The predicted octanol–water partition coefficient (Wildman–Crippen LogP) is 2.09. The minimum atomic E-state index is -1.20. The fraction of sp³-hybridized carbons (Fsp3) is 0.862. The van der Waals surface area contributed by atoms with Crippen molar-refractivity contribution in [3.63, 3.8) is 0 Å². The summed E-state index contributed by atoms with van der Waals surface area (Å²) in [4.78, 5) is 50.3. The van der Waals surface area contributed by atoms with Crippen LogP contribution in [0, 0.1) is 5.92 Å². The third-order valence-corrected chi connectivity index (χ3v) is 7.68. The summed E-state index contributed by atoms with van der Waals surface area (Å²) in [5, 5.41) is 27.3. The van der Waals surface area contributed by atoms with Crippen molar-refractivity contribution in [3.8, 4) is 0 Å². The Labute approximate surface area is 240 Å². The van der Waals surface area contributed by atoms with Crippen LogP contribution in [0.15, 0.2) is 0 Å². The maximum Gasteiger partial charge on any atom is 0.326 e. The van der Waals surface area contributed by atoms with Crippen LogP contribution in [0.1, 0.15) is 116 Å². The molecule has 40 heavy (non-hydrogen) atoms. The van der Waals surface area contributed by atoms with Crippen LogP contribution in [0.2, 0.25) is 0 Å². The second kappa shape index (κ2) is 22.4. The molecule has 0 unspecified atom stereocenters. The van der Waals surface area contributed by atoms with E-state index in [1.807, 2.05) is 0 Å². The Morgan fingerprint density at radius 1 is 0.675 bits per heavy atom. The van der Waals surface area contributed by atoms with Gasteiger partial charge in [0.25, 0.3) is 0 Å². The van der Waals surface area contributed by atoms with E-state index in [1.54, 1.807) is 0 Å². The van der Waals surface area contributed by atoms with Gasteiger partial charge in [0.05, 0.1) is 6.61 Å². The SMILES string of the molecule is NCCCCCCCCCCC(=O)N[C@@H](CO)C(=O)N[C@@H](CCCCN)C(=O)N[C@@H](CC1CCCCC1)C(=O)O. The maximum atomic E-state index is 13.1. The quantitative estimate of drug-likeness (QED) is 0.0908. The number of aliphatic hydroxyl groups is 1. The lowest BCUT2D eigenvalue weighted by atomic mass is 9.84. The Balaban J connectivity index is 2.58. The Hall–Kier alpha value is -2.24. The Morgan fingerprint density at radius 2 is 1.20 bits per heavy atom. The molecule has 0 aromatic heterocycles. The number of hydrogen-bond acceptors (Lipinski definition) is 7. The Morgan fingerprint density at radius 3 is 1.77 bits per heavy atom. The molecule has 232 valence electrons. The molecular weight excluding hydrogens is 514 g/mol. The van der Waals surface area contributed by atoms with Crippen LogP contribution in [0.3, 0.4) is 0 Å². The average molecular weight is 570 g/mol. The summed E-state index contributed by atoms with van der Waals surface area (Å²) in [6.45, 7) is 0.540. The number of carbonyl (C=O) groups is 4. The van der Waals surface area contributed by atoms with Crippen LogP contribution in [0.25, 0.3) is 0 Å². The molecule has 0 bridgehead atoms. The highest BCUT2D eigenvalue weighted by atomic mass is 16.4. The van der Waals surface area contributed by atoms with Gasteiger partial charge in [-0.05, 0) is 57.5 Å². The van der Waals surface area contributed by atoms with Crippen molar-refractivity contribution < 1.29 is 29.4 Å². The average Bonchev–Trinajstić information content (AvgIpc) is 2.94. The number of nitrogens with one attached hydrogen (secondary N) is 3. The number of nitrogens with two attached hydrogens (primary N) is 2. The van der Waals surface area contributed by atoms with E-state index in [0.29, 0.717) is 32.2 Å². The zero-order valence-corrected chi connectivity index (χ0v) is 24.3. The molecular formula is C29H55N5O6. The lowest BCUT2D eigenvalue weighted by Crippen LogP contribution is -2.56. The smallest absolute Gasteiger partial charge is 0.326 e. The standard InChI is InChI=1S/C29H55N5O6/c30-18-12-6-4-2-1-3-5-10-17-26(36)32-25(21-35)28(38)33-23(16-11-13-19-31)27(37)34-24(29(39)40)20-22-14-8-7-9-15-22/h22-25,35H,1-21,30-31H2,(H,32,36)(H,33,38)(H,34,37)(H,39,40)/t23-,24-,25-/m0/s1. The molecule has 0 aliphatic heterocycles. The molecule has 1 aliphatic rings. The fourth-order valence-electron chi connectivity index (χ4n) is 5.24. The van der Waals surface area contributed by atoms with Gasteiger partial charge in [-0.25, -0.2) is 4.79 Å². The molecule has 1 aliphatic carbocycles. The van der Waals surface area contributed by atoms with Crippen molar-refractivity contribution in [2.24, 2.45) is 17.4 Å². The lowest BCUT2D eigenvalue weighted by Gasteiger charge is -2.27. The van der Waals surface area contributed by atoms with Crippen molar-refractivity contribution in [2.75, 3.05) is 19.7 Å². The van der Waals surface area contributed by atoms with Gasteiger partial charge >= 0.3 is 5.97 Å². The molecule has 0 heterocycles. The third kappa shape index (κ3) is 16.1. The topological polar surface area (TPSA) is 197 Å². The summed E-state index contributed by atoms with van der Waals surface area (Å²) in [7, 11) is 0. The molecule has 1 rings (SSSR count). The van der Waals surface area contributed by atoms with E-state index < -0.39 is 42.5 Å². The number of hydrogen-bond donors (Lipinski definition) is 7. The molecule has 3 amide bonds. The molecule has 0 radical (unpaired) electrons. The summed E-state index contributed by atoms with van der Waals surface area (Å²) >= 11 is 0. The summed E-state index contributed by atoms with van der Waals surface area (Å²) < 4.78 is 0. The fourth-order valence-corrected chi connectivity index (χ4v) is 5.24. The van der Waals surface area contributed by atoms with E-state index in [9.17, 15) is 29.4 Å². The van der Waals surface area contributed by atoms with Crippen LogP contribution in [0.5, 0.6) is 0 Å². The van der Waals surface area contributed by atoms with Gasteiger partial charge < -0.3 is 37.6 Å². The van der Waals surface area contributed by atoms with E-state index in [0.717, 1.165) is 77.2 Å². The third-order valence-electron chi connectivity index (χ3n) is 7.68. The van der Waals surface area contributed by atoms with Crippen molar-refractivity contribution in [3.05, 3.63) is 0 Å². The first-order valence-electron chi connectivity index (χ1n) is 15.5. The van der Waals surface area contributed by atoms with Crippen LogP contribution >= 0.6 is 0 Å². The molecule has 0 saturated heterocycles. The minimum Gasteiger partial charge on any atom is -0.480 e. The number of rotatable bonds is 23. The highest BCUT2D eigenvalue weighted by molar-refractivity contribution is 5.93. The molecule has 1 fully saturated rings. The number of carboxylic acid groups (broad SMARTS) is 1. The van der Waals surface area contributed by atoms with Crippen LogP contribution in [0.4, 0.5) is 0 Å². The zero-order chi connectivity index (χ0) is 29.6. The van der Waals surface area contributed by atoms with Crippen molar-refractivity contribution in [1.29, 1.82) is 0 Å². The van der Waals surface area contributed by atoms with Gasteiger partial charge in [0.15, 0.2) is 0 Å². The Bertz CT molecular complexity index is 732. The van der Waals surface area contributed by atoms with Crippen molar-refractivity contribution in [2.45, 2.75) is 134 Å². The molecule has 0 aromatic rings. The van der Waals surface area contributed by atoms with Gasteiger partial charge in [-0.3, -0.25) is 14.4 Å². The number of carbonyl (C=O) groups excluding carboxylic acids is 3. The number of amides is 3. The first-order chi connectivity index (χ1) is 19.3. The second-order valence-corrected chi connectivity index (χ2v) is 11.2. The van der Waals surface area contributed by atoms with E-state index in [-0.39, 0.29) is 24.7 Å². The first-order valence-corrected chi connectivity index (χ1v) is 15.5. The van der Waals surface area contributed by atoms with E-state index >= 15 is 0 Å². The van der Waals surface area contributed by atoms with Gasteiger partial charge in [-0.2, -0.15) is 0 Å². The monoisotopic (exact) mass is 569 g/mol. The largest absolute Gasteiger partial charge is 0.480 e. The van der Waals surface area contributed by atoms with Crippen LogP contribution in [-0.4, -0.2) is 71.7 Å². The van der Waals surface area contributed by atoms with Gasteiger partial charge in [0, 0.05) is 6.42 Å². The molecule has 1 saturated carbocycles. The first kappa shape index (κ1) is 35.8. The van der Waals surface area contributed by atoms with E-state index in [1.165, 1.54) is 6.42 Å². The van der Waals surface area contributed by atoms with E-state index in [4.69, 9.17) is 11.5 Å². The second-order valence-electron chi connectivity index (χ2n) is 11.2. The van der Waals surface area contributed by atoms with Crippen molar-refractivity contribution in [1.82, 2.24) is 16.0 Å². The number of aliphatic carboxylic acids is 1. The molecule has 11 heteroatoms. The summed E-state index contributed by atoms with van der Waals surface area (Å²) in [5.41, 5.74) is 11.1. The van der Waals surface area contributed by atoms with Gasteiger partial charge in [0.1, 0.15) is 18.1 Å². The van der Waals surface area contributed by atoms with Gasteiger partial charge in [-0.1, -0.05) is 70.6 Å².